The molecule has 19 nitrogen and oxygen atoms in total. The number of aliphatic hydroxyl groups is 2. The molecule has 0 aliphatic carbocycles. The Balaban J connectivity index is 1.79. The maximum Gasteiger partial charge on any atom is 0.592 e. The summed E-state index contributed by atoms with van der Waals surface area (Å²) in [5, 5.41) is 46.3. The van der Waals surface area contributed by atoms with Gasteiger partial charge in [-0.15, -0.1) is 0 Å². The lowest BCUT2D eigenvalue weighted by Crippen LogP contribution is -2.47. The molecule has 1 aromatic carbocycles. The van der Waals surface area contributed by atoms with Crippen molar-refractivity contribution in [3.05, 3.63) is 69.0 Å². The molecular weight excluding hydrogens is 735 g/mol. The van der Waals surface area contributed by atoms with Crippen LogP contribution in [-0.4, -0.2) is 103 Å². The molecule has 0 saturated carbocycles. The Morgan fingerprint density at radius 1 is 0.926 bits per heavy atom. The molecule has 0 bridgehead atoms. The van der Waals surface area contributed by atoms with Crippen LogP contribution in [-0.2, 0) is 48.5 Å². The topological polar surface area (TPSA) is 282 Å². The van der Waals surface area contributed by atoms with E-state index in [1.807, 2.05) is 42.2 Å². The van der Waals surface area contributed by atoms with Crippen LogP contribution < -0.4 is 21.9 Å². The largest absolute Gasteiger partial charge is 0.592 e. The van der Waals surface area contributed by atoms with Crippen molar-refractivity contribution >= 4 is 31.7 Å². The number of nitrogens with one attached hydrogen (secondary N) is 3. The SMILES string of the molecule is CCCCCN[C@@H](CC(=O)O)C(=O)OP(=O)(OC[C@H]1O[C@@H](n2ccc(=O)[nH]c2=O)[C@](C)(O)[C@@H]1O)OC(=O)[C@H](CC(=O)O)NCCCCCc1ccccc1. The van der Waals surface area contributed by atoms with Crippen molar-refractivity contribution in [2.45, 2.75) is 108 Å². The molecule has 2 heterocycles. The fourth-order valence-corrected chi connectivity index (χ4v) is 6.77. The lowest BCUT2D eigenvalue weighted by molar-refractivity contribution is -0.149. The van der Waals surface area contributed by atoms with Crippen LogP contribution in [0.5, 0.6) is 0 Å². The van der Waals surface area contributed by atoms with E-state index >= 15 is 0 Å². The van der Waals surface area contributed by atoms with Gasteiger partial charge in [0.15, 0.2) is 6.23 Å². The minimum atomic E-state index is -5.44. The molecule has 300 valence electrons. The zero-order valence-electron chi connectivity index (χ0n) is 30.1. The van der Waals surface area contributed by atoms with Gasteiger partial charge in [-0.2, -0.15) is 0 Å². The number of carbonyl (C=O) groups excluding carboxylic acids is 2. The highest BCUT2D eigenvalue weighted by Gasteiger charge is 2.54. The van der Waals surface area contributed by atoms with E-state index in [-0.39, 0.29) is 13.1 Å². The standard InChI is InChI=1S/C34H49N4O15P/c1-3-4-10-16-35-23(19-27(40)41)30(45)52-54(49,50-21-25-29(44)34(2,48)32(51-25)38-18-15-26(39)37-33(38)47)53-31(46)24(20-28(42)43)36-17-11-6-9-14-22-12-7-5-8-13-22/h5,7-8,12-13,15,18,23-25,29,32,35-36,44,48H,3-4,6,9-11,14,16-17,19-21H2,1-2H3,(H,40,41)(H,42,43)(H,37,39,47)/t23-,24-,25+,29+,32+,34+,54?/m0/s1. The van der Waals surface area contributed by atoms with Crippen molar-refractivity contribution in [1.82, 2.24) is 20.2 Å². The number of carboxylic acids is 2. The van der Waals surface area contributed by atoms with Gasteiger partial charge in [-0.3, -0.25) is 28.5 Å². The van der Waals surface area contributed by atoms with E-state index in [0.29, 0.717) is 19.3 Å². The number of carbonyl (C=O) groups is 4. The number of aryl methyl sites for hydroxylation is 1. The lowest BCUT2D eigenvalue weighted by Gasteiger charge is -2.27. The summed E-state index contributed by atoms with van der Waals surface area (Å²) in [7, 11) is -5.44. The molecule has 1 aromatic heterocycles. The Morgan fingerprint density at radius 3 is 2.04 bits per heavy atom. The minimum absolute atomic E-state index is 0.151. The van der Waals surface area contributed by atoms with Crippen LogP contribution in [0.2, 0.25) is 0 Å². The Labute approximate surface area is 310 Å². The highest BCUT2D eigenvalue weighted by molar-refractivity contribution is 7.49. The van der Waals surface area contributed by atoms with Crippen LogP contribution in [0.15, 0.2) is 52.2 Å². The molecule has 0 spiro atoms. The number of unbranched alkanes of at least 4 members (excludes halogenated alkanes) is 4. The van der Waals surface area contributed by atoms with E-state index in [2.05, 4.69) is 10.6 Å². The quantitative estimate of drug-likeness (QED) is 0.0582. The van der Waals surface area contributed by atoms with Crippen molar-refractivity contribution in [3.8, 4) is 0 Å². The number of benzene rings is 1. The average Bonchev–Trinajstić information content (AvgIpc) is 3.33. The summed E-state index contributed by atoms with van der Waals surface area (Å²) in [6.07, 6.45) is -0.821. The van der Waals surface area contributed by atoms with Gasteiger partial charge in [0.25, 0.3) is 5.56 Å². The highest BCUT2D eigenvalue weighted by atomic mass is 31.2. The number of ether oxygens (including phenoxy) is 1. The summed E-state index contributed by atoms with van der Waals surface area (Å²) >= 11 is 0. The number of aliphatic carboxylic acids is 2. The van der Waals surface area contributed by atoms with Gasteiger partial charge in [-0.1, -0.05) is 56.5 Å². The number of aromatic amines is 1. The number of hydrogen-bond acceptors (Lipinski definition) is 15. The van der Waals surface area contributed by atoms with E-state index in [1.165, 1.54) is 0 Å². The molecule has 0 radical (unpaired) electrons. The molecular formula is C34H49N4O15P. The molecule has 0 amide bonds. The zero-order valence-corrected chi connectivity index (χ0v) is 31.0. The molecule has 1 saturated heterocycles. The fraction of sp³-hybridized carbons (Fsp3) is 0.588. The minimum Gasteiger partial charge on any atom is -0.481 e. The van der Waals surface area contributed by atoms with Gasteiger partial charge < -0.3 is 44.8 Å². The molecule has 1 aliphatic heterocycles. The molecule has 1 aliphatic rings. The first-order valence-corrected chi connectivity index (χ1v) is 19.1. The average molecular weight is 785 g/mol. The van der Waals surface area contributed by atoms with E-state index < -0.39 is 98.5 Å². The normalized spacial score (nSPS) is 21.8. The number of phosphoric ester groups is 1. The number of rotatable bonds is 24. The van der Waals surface area contributed by atoms with Gasteiger partial charge in [0, 0.05) is 12.3 Å². The summed E-state index contributed by atoms with van der Waals surface area (Å²) in [4.78, 5) is 75.8. The Bertz CT molecular complexity index is 1720. The monoisotopic (exact) mass is 784 g/mol. The number of aliphatic hydroxyl groups excluding tert-OH is 1. The molecule has 54 heavy (non-hydrogen) atoms. The summed E-state index contributed by atoms with van der Waals surface area (Å²) in [6.45, 7) is 2.34. The first-order chi connectivity index (χ1) is 25.6. The van der Waals surface area contributed by atoms with E-state index in [0.717, 1.165) is 55.0 Å². The van der Waals surface area contributed by atoms with Crippen molar-refractivity contribution in [2.75, 3.05) is 19.7 Å². The van der Waals surface area contributed by atoms with Crippen LogP contribution in [0.4, 0.5) is 0 Å². The van der Waals surface area contributed by atoms with Gasteiger partial charge in [-0.25, -0.2) is 18.9 Å². The summed E-state index contributed by atoms with van der Waals surface area (Å²) < 4.78 is 35.8. The highest BCUT2D eigenvalue weighted by Crippen LogP contribution is 2.51. The first-order valence-electron chi connectivity index (χ1n) is 17.6. The van der Waals surface area contributed by atoms with Crippen molar-refractivity contribution < 1.29 is 62.5 Å². The number of nitrogens with zero attached hydrogens (tertiary/aromatic N) is 1. The second kappa shape index (κ2) is 21.0. The first kappa shape index (κ1) is 44.2. The van der Waals surface area contributed by atoms with Gasteiger partial charge in [0.2, 0.25) is 0 Å². The Morgan fingerprint density at radius 2 is 1.50 bits per heavy atom. The molecule has 1 fully saturated rings. The predicted molar refractivity (Wildman–Crippen MR) is 189 cm³/mol. The zero-order chi connectivity index (χ0) is 39.9. The smallest absolute Gasteiger partial charge is 0.481 e. The van der Waals surface area contributed by atoms with E-state index in [9.17, 15) is 53.8 Å². The van der Waals surface area contributed by atoms with Gasteiger partial charge in [0.05, 0.1) is 19.4 Å². The van der Waals surface area contributed by atoms with Crippen LogP contribution in [0.25, 0.3) is 0 Å². The maximum absolute atomic E-state index is 14.1. The van der Waals surface area contributed by atoms with Gasteiger partial charge in [-0.05, 0) is 51.3 Å². The lowest BCUT2D eigenvalue weighted by atomic mass is 9.96. The van der Waals surface area contributed by atoms with Crippen molar-refractivity contribution in [3.63, 3.8) is 0 Å². The fourth-order valence-electron chi connectivity index (χ4n) is 5.60. The van der Waals surface area contributed by atoms with E-state index in [1.54, 1.807) is 0 Å². The molecule has 3 rings (SSSR count). The number of hydrogen-bond donors (Lipinski definition) is 7. The van der Waals surface area contributed by atoms with Crippen molar-refractivity contribution in [1.29, 1.82) is 0 Å². The van der Waals surface area contributed by atoms with Crippen LogP contribution in [0, 0.1) is 0 Å². The number of phosphoric acid groups is 1. The van der Waals surface area contributed by atoms with Gasteiger partial charge >= 0.3 is 37.4 Å². The Kier molecular flexibility index (Phi) is 17.2. The third kappa shape index (κ3) is 13.6. The van der Waals surface area contributed by atoms with Crippen LogP contribution >= 0.6 is 7.82 Å². The van der Waals surface area contributed by atoms with Crippen LogP contribution in [0.1, 0.15) is 77.0 Å². The molecule has 7 atom stereocenters. The predicted octanol–water partition coefficient (Wildman–Crippen LogP) is 1.23. The third-order valence-electron chi connectivity index (χ3n) is 8.53. The molecule has 2 aromatic rings. The van der Waals surface area contributed by atoms with Crippen LogP contribution in [0.3, 0.4) is 0 Å². The summed E-state index contributed by atoms with van der Waals surface area (Å²) in [5.74, 6) is -5.73. The van der Waals surface area contributed by atoms with Gasteiger partial charge in [0.1, 0.15) is 29.9 Å². The molecule has 7 N–H and O–H groups in total. The second-order valence-corrected chi connectivity index (χ2v) is 14.5. The second-order valence-electron chi connectivity index (χ2n) is 13.0. The summed E-state index contributed by atoms with van der Waals surface area (Å²) in [5.41, 5.74) is -2.83. The third-order valence-corrected chi connectivity index (χ3v) is 9.80. The number of H-pyrrole nitrogens is 1. The number of aromatic nitrogens is 2. The molecule has 20 heteroatoms. The molecule has 1 unspecified atom stereocenters. The maximum atomic E-state index is 14.1. The summed E-state index contributed by atoms with van der Waals surface area (Å²) in [6, 6.07) is 7.52. The number of carboxylic acid groups (broad SMARTS) is 2. The Hall–Kier alpha value is -4.23. The van der Waals surface area contributed by atoms with E-state index in [4.69, 9.17) is 18.3 Å². The van der Waals surface area contributed by atoms with Crippen molar-refractivity contribution in [2.24, 2.45) is 0 Å².